The lowest BCUT2D eigenvalue weighted by Gasteiger charge is -2.42. The van der Waals surface area contributed by atoms with Gasteiger partial charge in [-0.2, -0.15) is 0 Å². The van der Waals surface area contributed by atoms with Crippen LogP contribution in [0.25, 0.3) is 32.9 Å². The Hall–Kier alpha value is -4.36. The summed E-state index contributed by atoms with van der Waals surface area (Å²) < 4.78 is 37.6. The number of hydrogen-bond acceptors (Lipinski definition) is 7. The minimum atomic E-state index is -0.637. The van der Waals surface area contributed by atoms with E-state index in [0.717, 1.165) is 51.6 Å². The van der Waals surface area contributed by atoms with Gasteiger partial charge in [0, 0.05) is 30.2 Å². The van der Waals surface area contributed by atoms with Crippen LogP contribution in [0.2, 0.25) is 0 Å². The lowest BCUT2D eigenvalue weighted by atomic mass is 9.95. The van der Waals surface area contributed by atoms with Gasteiger partial charge in [0.05, 0.1) is 23.0 Å². The largest absolute Gasteiger partial charge is 0.444 e. The maximum Gasteiger partial charge on any atom is 0.410 e. The topological polar surface area (TPSA) is 74.7 Å². The minimum Gasteiger partial charge on any atom is -0.444 e. The minimum absolute atomic E-state index is 0.0305. The number of carbonyl (C=O) groups excluding carboxylic acids is 1. The van der Waals surface area contributed by atoms with Crippen molar-refractivity contribution in [3.63, 3.8) is 0 Å². The van der Waals surface area contributed by atoms with Crippen molar-refractivity contribution in [3.8, 4) is 23.1 Å². The van der Waals surface area contributed by atoms with Crippen molar-refractivity contribution in [2.75, 3.05) is 31.1 Å². The first-order chi connectivity index (χ1) is 22.6. The number of benzene rings is 2. The van der Waals surface area contributed by atoms with E-state index >= 15 is 8.78 Å². The maximum atomic E-state index is 16.8. The lowest BCUT2D eigenvalue weighted by Crippen LogP contribution is -2.57. The molecule has 8 rings (SSSR count). The second kappa shape index (κ2) is 11.1. The predicted molar refractivity (Wildman–Crippen MR) is 177 cm³/mol. The number of rotatable bonds is 2. The first kappa shape index (κ1) is 30.0. The summed E-state index contributed by atoms with van der Waals surface area (Å²) in [6.07, 6.45) is 7.20. The van der Waals surface area contributed by atoms with Crippen LogP contribution in [0.5, 0.6) is 0 Å². The zero-order valence-corrected chi connectivity index (χ0v) is 27.0. The highest BCUT2D eigenvalue weighted by Gasteiger charge is 2.45. The summed E-state index contributed by atoms with van der Waals surface area (Å²) in [6, 6.07) is 9.95. The summed E-state index contributed by atoms with van der Waals surface area (Å²) in [5.41, 5.74) is -0.275. The van der Waals surface area contributed by atoms with E-state index in [9.17, 15) is 4.79 Å². The van der Waals surface area contributed by atoms with Crippen LogP contribution < -0.4 is 4.90 Å². The van der Waals surface area contributed by atoms with E-state index in [4.69, 9.17) is 14.7 Å². The standard InChI is InChI=1S/C37H38F2N6O2/c1-36(2,3)47-35(46)45-24-12-13-25(45)22-43(21-24)34-27-20-40-32(26-10-4-8-23-9-5-11-28(38)30(23)26)31(39)33(27)41-29(42-34)14-17-37-15-6-18-44(37)19-7-16-37/h4-5,8-11,20,24-25H,6-7,12-13,15-16,18-19,21-22H2,1-3H3. The molecule has 0 saturated carbocycles. The average molecular weight is 637 g/mol. The number of hydrogen-bond donors (Lipinski definition) is 0. The van der Waals surface area contributed by atoms with Crippen molar-refractivity contribution in [2.24, 2.45) is 0 Å². The molecule has 242 valence electrons. The molecular formula is C37H38F2N6O2. The number of anilines is 1. The van der Waals surface area contributed by atoms with E-state index in [1.165, 1.54) is 6.07 Å². The third kappa shape index (κ3) is 5.16. The summed E-state index contributed by atoms with van der Waals surface area (Å²) in [7, 11) is 0. The van der Waals surface area contributed by atoms with E-state index < -0.39 is 17.2 Å². The van der Waals surface area contributed by atoms with Crippen LogP contribution in [0.3, 0.4) is 0 Å². The number of halogens is 2. The van der Waals surface area contributed by atoms with Gasteiger partial charge in [0.1, 0.15) is 28.4 Å². The third-order valence-corrected chi connectivity index (χ3v) is 10.2. The molecule has 2 aromatic heterocycles. The molecule has 0 N–H and O–H groups in total. The van der Waals surface area contributed by atoms with Crippen LogP contribution >= 0.6 is 0 Å². The molecule has 0 radical (unpaired) electrons. The molecule has 0 spiro atoms. The first-order valence-electron chi connectivity index (χ1n) is 16.7. The Labute approximate surface area is 273 Å². The number of ether oxygens (including phenoxy) is 1. The van der Waals surface area contributed by atoms with Crippen molar-refractivity contribution in [1.29, 1.82) is 0 Å². The SMILES string of the molecule is CC(C)(C)OC(=O)N1C2CCC1CN(c1nc(C#CC34CCCN3CCC4)nc3c(F)c(-c4cccc5cccc(F)c45)ncc13)C2. The lowest BCUT2D eigenvalue weighted by molar-refractivity contribution is 0.0123. The van der Waals surface area contributed by atoms with Crippen LogP contribution in [0.4, 0.5) is 19.4 Å². The van der Waals surface area contributed by atoms with Gasteiger partial charge >= 0.3 is 6.09 Å². The molecule has 2 unspecified atom stereocenters. The predicted octanol–water partition coefficient (Wildman–Crippen LogP) is 6.69. The van der Waals surface area contributed by atoms with Crippen molar-refractivity contribution in [2.45, 2.75) is 82.5 Å². The van der Waals surface area contributed by atoms with Crippen LogP contribution in [0.15, 0.2) is 42.6 Å². The van der Waals surface area contributed by atoms with Gasteiger partial charge in [0.15, 0.2) is 5.82 Å². The molecular weight excluding hydrogens is 598 g/mol. The van der Waals surface area contributed by atoms with Gasteiger partial charge in [-0.05, 0) is 89.8 Å². The number of aromatic nitrogens is 3. The third-order valence-electron chi connectivity index (χ3n) is 10.2. The van der Waals surface area contributed by atoms with E-state index in [-0.39, 0.29) is 40.8 Å². The number of fused-ring (bicyclic) bond motifs is 5. The fraction of sp³-hybridized carbons (Fsp3) is 0.459. The fourth-order valence-electron chi connectivity index (χ4n) is 8.19. The molecule has 4 saturated heterocycles. The Balaban J connectivity index is 1.24. The van der Waals surface area contributed by atoms with Gasteiger partial charge in [0.25, 0.3) is 0 Å². The maximum absolute atomic E-state index is 16.8. The highest BCUT2D eigenvalue weighted by molar-refractivity contribution is 5.99. The van der Waals surface area contributed by atoms with Crippen molar-refractivity contribution < 1.29 is 18.3 Å². The quantitative estimate of drug-likeness (QED) is 0.227. The molecule has 47 heavy (non-hydrogen) atoms. The number of pyridine rings is 1. The molecule has 8 nitrogen and oxygen atoms in total. The van der Waals surface area contributed by atoms with Gasteiger partial charge < -0.3 is 9.64 Å². The molecule has 2 bridgehead atoms. The number of piperazine rings is 1. The summed E-state index contributed by atoms with van der Waals surface area (Å²) >= 11 is 0. The summed E-state index contributed by atoms with van der Waals surface area (Å²) in [4.78, 5) is 33.8. The molecule has 2 atom stereocenters. The van der Waals surface area contributed by atoms with Crippen molar-refractivity contribution >= 4 is 33.6 Å². The molecule has 4 fully saturated rings. The Morgan fingerprint density at radius 3 is 2.40 bits per heavy atom. The summed E-state index contributed by atoms with van der Waals surface area (Å²) in [6.45, 7) is 8.72. The zero-order valence-electron chi connectivity index (χ0n) is 27.0. The normalized spacial score (nSPS) is 22.1. The fourth-order valence-corrected chi connectivity index (χ4v) is 8.19. The van der Waals surface area contributed by atoms with E-state index in [1.807, 2.05) is 25.7 Å². The molecule has 6 heterocycles. The Bertz CT molecular complexity index is 1950. The molecule has 4 aliphatic rings. The van der Waals surface area contributed by atoms with Crippen molar-refractivity contribution in [3.05, 3.63) is 60.1 Å². The molecule has 4 aliphatic heterocycles. The smallest absolute Gasteiger partial charge is 0.410 e. The molecule has 2 aromatic carbocycles. The van der Waals surface area contributed by atoms with Gasteiger partial charge in [-0.15, -0.1) is 0 Å². The Kier molecular flexibility index (Phi) is 7.10. The second-order valence-corrected chi connectivity index (χ2v) is 14.4. The number of carbonyl (C=O) groups is 1. The molecule has 0 aliphatic carbocycles. The van der Waals surface area contributed by atoms with E-state index in [2.05, 4.69) is 26.6 Å². The summed E-state index contributed by atoms with van der Waals surface area (Å²) in [5, 5.41) is 1.43. The van der Waals surface area contributed by atoms with Gasteiger partial charge in [-0.1, -0.05) is 36.3 Å². The van der Waals surface area contributed by atoms with E-state index in [1.54, 1.807) is 36.5 Å². The van der Waals surface area contributed by atoms with Gasteiger partial charge in [-0.25, -0.2) is 23.5 Å². The van der Waals surface area contributed by atoms with E-state index in [0.29, 0.717) is 40.6 Å². The van der Waals surface area contributed by atoms with Gasteiger partial charge in [-0.3, -0.25) is 14.8 Å². The van der Waals surface area contributed by atoms with Crippen LogP contribution in [0.1, 0.15) is 65.1 Å². The van der Waals surface area contributed by atoms with Crippen molar-refractivity contribution in [1.82, 2.24) is 24.8 Å². The Morgan fingerprint density at radius 2 is 1.70 bits per heavy atom. The van der Waals surface area contributed by atoms with Crippen LogP contribution in [-0.2, 0) is 4.74 Å². The van der Waals surface area contributed by atoms with Crippen LogP contribution in [0, 0.1) is 23.5 Å². The monoisotopic (exact) mass is 636 g/mol. The van der Waals surface area contributed by atoms with Crippen LogP contribution in [-0.4, -0.2) is 80.2 Å². The zero-order chi connectivity index (χ0) is 32.5. The molecule has 4 aromatic rings. The molecule has 10 heteroatoms. The first-order valence-corrected chi connectivity index (χ1v) is 16.7. The second-order valence-electron chi connectivity index (χ2n) is 14.4. The Morgan fingerprint density at radius 1 is 1.00 bits per heavy atom. The highest BCUT2D eigenvalue weighted by Crippen LogP contribution is 2.40. The van der Waals surface area contributed by atoms with Gasteiger partial charge in [0.2, 0.25) is 5.82 Å². The average Bonchev–Trinajstić information content (AvgIpc) is 3.70. The number of amides is 1. The number of nitrogens with zero attached hydrogens (tertiary/aromatic N) is 6. The molecule has 1 amide bonds. The summed E-state index contributed by atoms with van der Waals surface area (Å²) in [5.74, 6) is 6.50. The highest BCUT2D eigenvalue weighted by atomic mass is 19.1.